The highest BCUT2D eigenvalue weighted by molar-refractivity contribution is 6.04. The number of hydrogen-bond acceptors (Lipinski definition) is 4. The van der Waals surface area contributed by atoms with Crippen molar-refractivity contribution in [2.75, 3.05) is 11.9 Å². The second-order valence-electron chi connectivity index (χ2n) is 9.92. The summed E-state index contributed by atoms with van der Waals surface area (Å²) in [6.45, 7) is 1.95. The van der Waals surface area contributed by atoms with Crippen molar-refractivity contribution in [3.63, 3.8) is 0 Å². The minimum absolute atomic E-state index is 0.0593. The van der Waals surface area contributed by atoms with Crippen LogP contribution in [0.3, 0.4) is 0 Å². The third-order valence-corrected chi connectivity index (χ3v) is 7.56. The van der Waals surface area contributed by atoms with Crippen LogP contribution in [0.4, 0.5) is 19.1 Å². The number of hydrogen-bond donors (Lipinski definition) is 2. The number of rotatable bonds is 6. The maximum atomic E-state index is 13.1. The van der Waals surface area contributed by atoms with Crippen molar-refractivity contribution in [3.05, 3.63) is 59.2 Å². The highest BCUT2D eigenvalue weighted by Crippen LogP contribution is 2.43. The van der Waals surface area contributed by atoms with Crippen molar-refractivity contribution >= 4 is 28.8 Å². The molecule has 3 heterocycles. The van der Waals surface area contributed by atoms with Gasteiger partial charge in [-0.15, -0.1) is 0 Å². The number of nitrogens with one attached hydrogen (secondary N) is 1. The van der Waals surface area contributed by atoms with Crippen LogP contribution in [0.15, 0.2) is 42.5 Å². The zero-order chi connectivity index (χ0) is 26.3. The molecule has 10 heteroatoms. The summed E-state index contributed by atoms with van der Waals surface area (Å²) < 4.78 is 41.1. The van der Waals surface area contributed by atoms with E-state index in [1.54, 1.807) is 11.5 Å². The zero-order valence-corrected chi connectivity index (χ0v) is 20.5. The molecule has 2 aliphatic heterocycles. The van der Waals surface area contributed by atoms with Gasteiger partial charge in [0.05, 0.1) is 16.6 Å². The Bertz CT molecular complexity index is 1320. The third kappa shape index (κ3) is 4.94. The van der Waals surface area contributed by atoms with Gasteiger partial charge in [-0.2, -0.15) is 13.2 Å². The fraction of sp³-hybridized carbons (Fsp3) is 0.444. The molecule has 3 aromatic rings. The Labute approximate surface area is 212 Å². The average molecular weight is 515 g/mol. The lowest BCUT2D eigenvalue weighted by Crippen LogP contribution is -2.44. The number of aliphatic hydroxyl groups is 1. The fourth-order valence-electron chi connectivity index (χ4n) is 5.93. The molecule has 2 N–H and O–H groups in total. The number of alkyl halides is 3. The number of fused-ring (bicyclic) bond motifs is 3. The molecule has 0 radical (unpaired) electrons. The summed E-state index contributed by atoms with van der Waals surface area (Å²) in [5.74, 6) is -0.0528. The van der Waals surface area contributed by atoms with Crippen LogP contribution in [0.5, 0.6) is 0 Å². The number of nitrogens with zero attached hydrogens (tertiary/aromatic N) is 3. The second-order valence-corrected chi connectivity index (χ2v) is 9.92. The molecular formula is C27H29F3N4O3. The van der Waals surface area contributed by atoms with Crippen molar-refractivity contribution in [3.8, 4) is 0 Å². The summed E-state index contributed by atoms with van der Waals surface area (Å²) in [6, 6.07) is 10.7. The Morgan fingerprint density at radius 1 is 1.11 bits per heavy atom. The van der Waals surface area contributed by atoms with Crippen molar-refractivity contribution < 1.29 is 27.9 Å². The number of anilines is 1. The second kappa shape index (κ2) is 9.81. The molecule has 2 amide bonds. The van der Waals surface area contributed by atoms with E-state index in [9.17, 15) is 27.9 Å². The quantitative estimate of drug-likeness (QED) is 0.488. The summed E-state index contributed by atoms with van der Waals surface area (Å²) in [6.07, 6.45) is -0.305. The number of amides is 2. The fourth-order valence-corrected chi connectivity index (χ4v) is 5.93. The van der Waals surface area contributed by atoms with Gasteiger partial charge in [-0.3, -0.25) is 14.9 Å². The van der Waals surface area contributed by atoms with Gasteiger partial charge in [0, 0.05) is 37.7 Å². The minimum atomic E-state index is -4.55. The zero-order valence-electron chi connectivity index (χ0n) is 20.5. The van der Waals surface area contributed by atoms with E-state index in [2.05, 4.69) is 10.3 Å². The maximum absolute atomic E-state index is 13.1. The highest BCUT2D eigenvalue weighted by atomic mass is 19.4. The molecule has 2 aromatic carbocycles. The van der Waals surface area contributed by atoms with E-state index in [0.29, 0.717) is 24.4 Å². The summed E-state index contributed by atoms with van der Waals surface area (Å²) in [5, 5.41) is 12.0. The van der Waals surface area contributed by atoms with Crippen molar-refractivity contribution in [2.45, 2.75) is 69.8 Å². The minimum Gasteiger partial charge on any atom is -0.396 e. The number of benzene rings is 2. The first kappa shape index (κ1) is 25.3. The maximum Gasteiger partial charge on any atom is 0.416 e. The molecule has 0 spiro atoms. The lowest BCUT2D eigenvalue weighted by atomic mass is 9.85. The average Bonchev–Trinajstić information content (AvgIpc) is 3.34. The molecule has 37 heavy (non-hydrogen) atoms. The topological polar surface area (TPSA) is 87.5 Å². The molecule has 2 fully saturated rings. The standard InChI is InChI=1S/C27H29F3N4O3/c1-16(36)34-21-7-8-22(34)14-19(13-21)17-6-9-24-23(15-17)31-26(33(24)10-3-11-35)32-25(37)18-4-2-5-20(12-18)27(28,29)30/h2,4-6,9,12,15,19,21-22,35H,3,7-8,10-11,13-14H2,1H3,(H,31,32,37). The summed E-state index contributed by atoms with van der Waals surface area (Å²) in [5.41, 5.74) is 1.53. The Kier molecular flexibility index (Phi) is 6.70. The van der Waals surface area contributed by atoms with E-state index in [4.69, 9.17) is 0 Å². The van der Waals surface area contributed by atoms with E-state index in [1.165, 1.54) is 12.1 Å². The van der Waals surface area contributed by atoms with Gasteiger partial charge in [0.1, 0.15) is 0 Å². The number of aromatic nitrogens is 2. The van der Waals surface area contributed by atoms with E-state index in [1.807, 2.05) is 23.1 Å². The van der Waals surface area contributed by atoms with Gasteiger partial charge in [-0.1, -0.05) is 12.1 Å². The SMILES string of the molecule is CC(=O)N1C2CCC1CC(c1ccc3c(c1)nc(NC(=O)c1cccc(C(F)(F)F)c1)n3CCCO)C2. The van der Waals surface area contributed by atoms with Crippen LogP contribution >= 0.6 is 0 Å². The van der Waals surface area contributed by atoms with Crippen LogP contribution in [-0.2, 0) is 17.5 Å². The first-order chi connectivity index (χ1) is 17.7. The van der Waals surface area contributed by atoms with E-state index in [-0.39, 0.29) is 36.1 Å². The van der Waals surface area contributed by atoms with Crippen LogP contribution in [0.2, 0.25) is 0 Å². The van der Waals surface area contributed by atoms with Crippen LogP contribution < -0.4 is 5.32 Å². The largest absolute Gasteiger partial charge is 0.416 e. The molecule has 2 aliphatic rings. The predicted octanol–water partition coefficient (Wildman–Crippen LogP) is 4.95. The molecule has 5 rings (SSSR count). The number of aryl methyl sites for hydroxylation is 1. The van der Waals surface area contributed by atoms with E-state index in [0.717, 1.165) is 48.9 Å². The van der Waals surface area contributed by atoms with Gasteiger partial charge >= 0.3 is 6.18 Å². The van der Waals surface area contributed by atoms with Gasteiger partial charge in [0.25, 0.3) is 5.91 Å². The van der Waals surface area contributed by atoms with Gasteiger partial charge in [0.15, 0.2) is 0 Å². The number of carbonyl (C=O) groups excluding carboxylic acids is 2. The van der Waals surface area contributed by atoms with Crippen LogP contribution in [0, 0.1) is 0 Å². The third-order valence-electron chi connectivity index (χ3n) is 7.56. The van der Waals surface area contributed by atoms with Crippen molar-refractivity contribution in [1.29, 1.82) is 0 Å². The molecule has 2 atom stereocenters. The Hall–Kier alpha value is -3.40. The molecule has 196 valence electrons. The Morgan fingerprint density at radius 3 is 2.49 bits per heavy atom. The molecule has 0 saturated carbocycles. The van der Waals surface area contributed by atoms with E-state index >= 15 is 0 Å². The van der Waals surface area contributed by atoms with Gasteiger partial charge in [-0.05, 0) is 73.9 Å². The first-order valence-corrected chi connectivity index (χ1v) is 12.5. The Balaban J connectivity index is 1.43. The molecule has 2 unspecified atom stereocenters. The number of piperidine rings is 1. The predicted molar refractivity (Wildman–Crippen MR) is 132 cm³/mol. The first-order valence-electron chi connectivity index (χ1n) is 12.5. The summed E-state index contributed by atoms with van der Waals surface area (Å²) >= 11 is 0. The number of imidazole rings is 1. The molecule has 1 aromatic heterocycles. The number of halogens is 3. The monoisotopic (exact) mass is 514 g/mol. The molecule has 2 bridgehead atoms. The lowest BCUT2D eigenvalue weighted by Gasteiger charge is -2.38. The van der Waals surface area contributed by atoms with Gasteiger partial charge in [-0.25, -0.2) is 4.98 Å². The summed E-state index contributed by atoms with van der Waals surface area (Å²) in [4.78, 5) is 31.6. The van der Waals surface area contributed by atoms with Crippen LogP contribution in [-0.4, -0.2) is 50.1 Å². The Morgan fingerprint density at radius 2 is 1.84 bits per heavy atom. The van der Waals surface area contributed by atoms with Crippen LogP contribution in [0.1, 0.15) is 66.4 Å². The highest BCUT2D eigenvalue weighted by Gasteiger charge is 2.42. The van der Waals surface area contributed by atoms with E-state index < -0.39 is 17.6 Å². The number of carbonyl (C=O) groups is 2. The molecule has 2 saturated heterocycles. The van der Waals surface area contributed by atoms with Crippen molar-refractivity contribution in [2.24, 2.45) is 0 Å². The molecule has 7 nitrogen and oxygen atoms in total. The van der Waals surface area contributed by atoms with Gasteiger partial charge in [0.2, 0.25) is 11.9 Å². The summed E-state index contributed by atoms with van der Waals surface area (Å²) in [7, 11) is 0. The normalized spacial score (nSPS) is 21.4. The number of aliphatic hydroxyl groups excluding tert-OH is 1. The molecular weight excluding hydrogens is 485 g/mol. The molecule has 0 aliphatic carbocycles. The van der Waals surface area contributed by atoms with Crippen LogP contribution in [0.25, 0.3) is 11.0 Å². The smallest absolute Gasteiger partial charge is 0.396 e. The van der Waals surface area contributed by atoms with Gasteiger partial charge < -0.3 is 14.6 Å². The lowest BCUT2D eigenvalue weighted by molar-refractivity contribution is -0.137. The van der Waals surface area contributed by atoms with Crippen molar-refractivity contribution in [1.82, 2.24) is 14.5 Å².